The molecule has 4 heteroatoms. The van der Waals surface area contributed by atoms with Crippen molar-refractivity contribution in [1.29, 1.82) is 0 Å². The Morgan fingerprint density at radius 2 is 2.13 bits per heavy atom. The van der Waals surface area contributed by atoms with Crippen molar-refractivity contribution in [1.82, 2.24) is 9.38 Å². The van der Waals surface area contributed by atoms with E-state index in [2.05, 4.69) is 23.7 Å². The third kappa shape index (κ3) is 1.37. The second-order valence-corrected chi connectivity index (χ2v) is 4.56. The van der Waals surface area contributed by atoms with Gasteiger partial charge in [-0.3, -0.25) is 4.40 Å². The van der Waals surface area contributed by atoms with Crippen LogP contribution < -0.4 is 0 Å². The second kappa shape index (κ2) is 3.40. The van der Waals surface area contributed by atoms with Crippen LogP contribution in [0.15, 0.2) is 46.9 Å². The minimum Gasteiger partial charge on any atom is -0.294 e. The summed E-state index contributed by atoms with van der Waals surface area (Å²) in [7, 11) is 0. The maximum Gasteiger partial charge on any atom is 0.138 e. The molecular weight excluding hydrogens is 224 g/mol. The number of hydrogen-bond acceptors (Lipinski definition) is 3. The number of thiophene rings is 1. The van der Waals surface area contributed by atoms with E-state index >= 15 is 0 Å². The maximum atomic E-state index is 4.55. The quantitative estimate of drug-likeness (QED) is 0.637. The van der Waals surface area contributed by atoms with Crippen LogP contribution in [0.4, 0.5) is 0 Å². The van der Waals surface area contributed by atoms with Crippen LogP contribution in [-0.4, -0.2) is 9.38 Å². The van der Waals surface area contributed by atoms with E-state index in [1.165, 1.54) is 0 Å². The Labute approximate surface area is 96.6 Å². The lowest BCUT2D eigenvalue weighted by Crippen LogP contribution is -1.81. The predicted octanol–water partition coefficient (Wildman–Crippen LogP) is 3.35. The van der Waals surface area contributed by atoms with E-state index in [1.807, 2.05) is 40.2 Å². The first-order valence-corrected chi connectivity index (χ1v) is 5.89. The fourth-order valence-electron chi connectivity index (χ4n) is 1.56. The average molecular weight is 232 g/mol. The van der Waals surface area contributed by atoms with Crippen molar-refractivity contribution in [2.45, 2.75) is 5.03 Å². The molecule has 3 aromatic heterocycles. The molecule has 0 unspecified atom stereocenters. The summed E-state index contributed by atoms with van der Waals surface area (Å²) in [6.45, 7) is 0. The number of thiol groups is 1. The van der Waals surface area contributed by atoms with E-state index in [1.54, 1.807) is 11.3 Å². The predicted molar refractivity (Wildman–Crippen MR) is 65.8 cm³/mol. The zero-order valence-electron chi connectivity index (χ0n) is 7.79. The van der Waals surface area contributed by atoms with Gasteiger partial charge in [0.05, 0.1) is 4.88 Å². The minimum atomic E-state index is 0.896. The van der Waals surface area contributed by atoms with Crippen molar-refractivity contribution < 1.29 is 0 Å². The standard InChI is InChI=1S/C11H8N2S2/c14-11-10(8-4-3-7-15-8)12-9-5-1-2-6-13(9)11/h1-7,14H. The zero-order chi connectivity index (χ0) is 10.3. The molecule has 3 heterocycles. The number of imidazole rings is 1. The highest BCUT2D eigenvalue weighted by molar-refractivity contribution is 7.80. The molecule has 0 aliphatic heterocycles. The molecule has 0 fully saturated rings. The molecule has 0 aliphatic rings. The first-order chi connectivity index (χ1) is 7.36. The third-order valence-corrected chi connectivity index (χ3v) is 3.56. The molecule has 2 nitrogen and oxygen atoms in total. The van der Waals surface area contributed by atoms with Gasteiger partial charge < -0.3 is 0 Å². The van der Waals surface area contributed by atoms with Crippen LogP contribution in [0.2, 0.25) is 0 Å². The Morgan fingerprint density at radius 1 is 1.20 bits per heavy atom. The van der Waals surface area contributed by atoms with Gasteiger partial charge in [-0.2, -0.15) is 0 Å². The van der Waals surface area contributed by atoms with Gasteiger partial charge in [0.15, 0.2) is 0 Å². The van der Waals surface area contributed by atoms with Crippen molar-refractivity contribution in [3.63, 3.8) is 0 Å². The Morgan fingerprint density at radius 3 is 2.87 bits per heavy atom. The summed E-state index contributed by atoms with van der Waals surface area (Å²) in [4.78, 5) is 5.71. The van der Waals surface area contributed by atoms with Crippen LogP contribution in [0.5, 0.6) is 0 Å². The third-order valence-electron chi connectivity index (χ3n) is 2.26. The van der Waals surface area contributed by atoms with Crippen molar-refractivity contribution in [3.8, 4) is 10.6 Å². The zero-order valence-corrected chi connectivity index (χ0v) is 9.50. The van der Waals surface area contributed by atoms with Gasteiger partial charge in [0.25, 0.3) is 0 Å². The highest BCUT2D eigenvalue weighted by atomic mass is 32.1. The Bertz CT molecular complexity index is 596. The van der Waals surface area contributed by atoms with E-state index < -0.39 is 0 Å². The van der Waals surface area contributed by atoms with Gasteiger partial charge >= 0.3 is 0 Å². The monoisotopic (exact) mass is 232 g/mol. The summed E-state index contributed by atoms with van der Waals surface area (Å²) in [5.41, 5.74) is 1.89. The number of fused-ring (bicyclic) bond motifs is 1. The van der Waals surface area contributed by atoms with Gasteiger partial charge in [0.1, 0.15) is 16.4 Å². The van der Waals surface area contributed by atoms with Gasteiger partial charge in [-0.25, -0.2) is 4.98 Å². The van der Waals surface area contributed by atoms with Crippen LogP contribution >= 0.6 is 24.0 Å². The smallest absolute Gasteiger partial charge is 0.138 e. The maximum absolute atomic E-state index is 4.55. The molecule has 15 heavy (non-hydrogen) atoms. The number of rotatable bonds is 1. The van der Waals surface area contributed by atoms with Gasteiger partial charge in [-0.15, -0.1) is 24.0 Å². The molecule has 0 spiro atoms. The molecule has 0 bridgehead atoms. The normalized spacial score (nSPS) is 11.0. The lowest BCUT2D eigenvalue weighted by atomic mass is 10.4. The molecular formula is C11H8N2S2. The molecule has 0 atom stereocenters. The van der Waals surface area contributed by atoms with E-state index in [0.29, 0.717) is 0 Å². The summed E-state index contributed by atoms with van der Waals surface area (Å²) in [5.74, 6) is 0. The van der Waals surface area contributed by atoms with E-state index in [0.717, 1.165) is 21.2 Å². The largest absolute Gasteiger partial charge is 0.294 e. The van der Waals surface area contributed by atoms with Crippen LogP contribution in [0.1, 0.15) is 0 Å². The van der Waals surface area contributed by atoms with Crippen molar-refractivity contribution >= 4 is 29.6 Å². The van der Waals surface area contributed by atoms with Gasteiger partial charge in [-0.1, -0.05) is 12.1 Å². The van der Waals surface area contributed by atoms with Crippen LogP contribution in [0, 0.1) is 0 Å². The van der Waals surface area contributed by atoms with Crippen LogP contribution in [0.3, 0.4) is 0 Å². The van der Waals surface area contributed by atoms with Crippen LogP contribution in [-0.2, 0) is 0 Å². The average Bonchev–Trinajstić information content (AvgIpc) is 2.87. The molecule has 0 aliphatic carbocycles. The summed E-state index contributed by atoms with van der Waals surface area (Å²) in [6, 6.07) is 10.0. The molecule has 3 rings (SSSR count). The van der Waals surface area contributed by atoms with E-state index in [4.69, 9.17) is 0 Å². The summed E-state index contributed by atoms with van der Waals surface area (Å²) < 4.78 is 1.98. The number of nitrogens with zero attached hydrogens (tertiary/aromatic N) is 2. The Kier molecular flexibility index (Phi) is 2.04. The van der Waals surface area contributed by atoms with Crippen molar-refractivity contribution in [2.24, 2.45) is 0 Å². The van der Waals surface area contributed by atoms with E-state index in [9.17, 15) is 0 Å². The van der Waals surface area contributed by atoms with Gasteiger partial charge in [0.2, 0.25) is 0 Å². The molecule has 3 aromatic rings. The molecule has 0 amide bonds. The van der Waals surface area contributed by atoms with Crippen LogP contribution in [0.25, 0.3) is 16.2 Å². The summed E-state index contributed by atoms with van der Waals surface area (Å²) in [5, 5.41) is 2.94. The molecule has 0 radical (unpaired) electrons. The number of pyridine rings is 1. The van der Waals surface area contributed by atoms with Gasteiger partial charge in [-0.05, 0) is 23.6 Å². The lowest BCUT2D eigenvalue weighted by Gasteiger charge is -1.94. The lowest BCUT2D eigenvalue weighted by molar-refractivity contribution is 1.06. The summed E-state index contributed by atoms with van der Waals surface area (Å²) >= 11 is 6.19. The first-order valence-electron chi connectivity index (χ1n) is 4.56. The fraction of sp³-hybridized carbons (Fsp3) is 0. The molecule has 0 saturated heterocycles. The molecule has 0 aromatic carbocycles. The van der Waals surface area contributed by atoms with Crippen molar-refractivity contribution in [3.05, 3.63) is 41.9 Å². The van der Waals surface area contributed by atoms with Gasteiger partial charge in [0, 0.05) is 6.20 Å². The fourth-order valence-corrected chi connectivity index (χ4v) is 2.69. The van der Waals surface area contributed by atoms with E-state index in [-0.39, 0.29) is 0 Å². The molecule has 0 saturated carbocycles. The SMILES string of the molecule is Sc1c(-c2cccs2)nc2ccccn12. The second-order valence-electron chi connectivity index (χ2n) is 3.19. The molecule has 0 N–H and O–H groups in total. The Balaban J connectivity index is 2.33. The summed E-state index contributed by atoms with van der Waals surface area (Å²) in [6.07, 6.45) is 1.97. The highest BCUT2D eigenvalue weighted by Gasteiger charge is 2.10. The van der Waals surface area contributed by atoms with Crippen molar-refractivity contribution in [2.75, 3.05) is 0 Å². The molecule has 74 valence electrons. The minimum absolute atomic E-state index is 0.896. The highest BCUT2D eigenvalue weighted by Crippen LogP contribution is 2.30. The number of hydrogen-bond donors (Lipinski definition) is 1. The Hall–Kier alpha value is -1.26. The number of aromatic nitrogens is 2. The first kappa shape index (κ1) is 9.00. The topological polar surface area (TPSA) is 17.3 Å².